The summed E-state index contributed by atoms with van der Waals surface area (Å²) in [6.07, 6.45) is -1.21. The molecule has 0 heterocycles. The van der Waals surface area contributed by atoms with Crippen molar-refractivity contribution < 1.29 is 29.4 Å². The molecule has 2 saturated carbocycles. The van der Waals surface area contributed by atoms with Crippen LogP contribution in [0.15, 0.2) is 0 Å². The van der Waals surface area contributed by atoms with E-state index in [4.69, 9.17) is 12.3 Å². The van der Waals surface area contributed by atoms with Crippen LogP contribution in [0, 0.1) is 63.5 Å². The van der Waals surface area contributed by atoms with Gasteiger partial charge in [0.05, 0.1) is 0 Å². The first-order valence-corrected chi connectivity index (χ1v) is 3.56. The Bertz CT molecular complexity index is 275. The zero-order valence-electron chi connectivity index (χ0n) is 16.1. The largest absolute Gasteiger partial charge is 2.00 e. The van der Waals surface area contributed by atoms with Crippen molar-refractivity contribution in [2.45, 2.75) is 13.3 Å². The molecule has 2 aliphatic carbocycles. The van der Waals surface area contributed by atoms with Crippen LogP contribution in [0.25, 0.3) is 0 Å². The third kappa shape index (κ3) is 6.57. The quantitative estimate of drug-likeness (QED) is 0.599. The molecular formula is C12H14Fe+2. The molecule has 0 aromatic carbocycles. The third-order valence-corrected chi connectivity index (χ3v) is 1.16. The van der Waals surface area contributed by atoms with E-state index in [1.807, 2.05) is 6.92 Å². The van der Waals surface area contributed by atoms with Gasteiger partial charge in [-0.15, -0.1) is 0 Å². The predicted octanol–water partition coefficient (Wildman–Crippen LogP) is 2.82. The first-order valence-electron chi connectivity index (χ1n) is 8.06. The van der Waals surface area contributed by atoms with E-state index < -0.39 is 0 Å². The van der Waals surface area contributed by atoms with Gasteiger partial charge in [0.15, 0.2) is 0 Å². The van der Waals surface area contributed by atoms with Gasteiger partial charge in [-0.2, -0.15) is 0 Å². The van der Waals surface area contributed by atoms with E-state index in [2.05, 4.69) is 0 Å². The molecule has 2 fully saturated rings. The molecule has 13 heavy (non-hydrogen) atoms. The van der Waals surface area contributed by atoms with Gasteiger partial charge < -0.3 is 0 Å². The van der Waals surface area contributed by atoms with Gasteiger partial charge in [-0.1, -0.05) is 6.92 Å². The minimum absolute atomic E-state index is 0. The molecule has 68 valence electrons. The Balaban J connectivity index is 0.000000385. The average Bonchev–Trinajstić information content (AvgIpc) is 2.76. The molecule has 10 radical (unpaired) electrons. The predicted molar refractivity (Wildman–Crippen MR) is 52.2 cm³/mol. The summed E-state index contributed by atoms with van der Waals surface area (Å²) in [5, 5.41) is 0. The van der Waals surface area contributed by atoms with E-state index in [1.54, 1.807) is 0 Å². The van der Waals surface area contributed by atoms with Crippen molar-refractivity contribution in [1.82, 2.24) is 0 Å². The summed E-state index contributed by atoms with van der Waals surface area (Å²) < 4.78 is 64.0. The van der Waals surface area contributed by atoms with Crippen molar-refractivity contribution in [2.75, 3.05) is 0 Å². The normalized spacial score (nSPS) is 45.5. The maximum absolute atomic E-state index is 7.33. The first-order chi connectivity index (χ1) is 9.64. The second-order valence-corrected chi connectivity index (χ2v) is 1.96. The molecule has 0 unspecified atom stereocenters. The Labute approximate surface area is 107 Å². The second kappa shape index (κ2) is 9.09. The smallest absolute Gasteiger partial charge is 0.0648 e. The molecule has 2 aliphatic rings. The van der Waals surface area contributed by atoms with E-state index in [0.29, 0.717) is 12.3 Å². The molecule has 0 atom stereocenters. The zero-order valence-corrected chi connectivity index (χ0v) is 8.16. The molecule has 0 N–H and O–H groups in total. The van der Waals surface area contributed by atoms with Crippen LogP contribution in [0.3, 0.4) is 0 Å². The van der Waals surface area contributed by atoms with Gasteiger partial charge in [-0.05, 0) is 69.9 Å². The van der Waals surface area contributed by atoms with Crippen LogP contribution in [-0.2, 0) is 17.1 Å². The number of hydrogen-bond acceptors (Lipinski definition) is 0. The fraction of sp³-hybridized carbons (Fsp3) is 0.167. The molecule has 0 aromatic heterocycles. The zero-order chi connectivity index (χ0) is 16.5. The van der Waals surface area contributed by atoms with Gasteiger partial charge in [0, 0.05) is 12.3 Å². The maximum atomic E-state index is 7.33. The summed E-state index contributed by atoms with van der Waals surface area (Å²) in [5.41, 5.74) is 0. The Morgan fingerprint density at radius 2 is 1.31 bits per heavy atom. The van der Waals surface area contributed by atoms with Crippen LogP contribution >= 0.6 is 0 Å². The van der Waals surface area contributed by atoms with Crippen LogP contribution < -0.4 is 0 Å². The van der Waals surface area contributed by atoms with Crippen LogP contribution in [0.1, 0.15) is 25.7 Å². The average molecular weight is 223 g/mol. The minimum Gasteiger partial charge on any atom is -0.0648 e. The summed E-state index contributed by atoms with van der Waals surface area (Å²) in [5.74, 6) is 0.514. The van der Waals surface area contributed by atoms with E-state index >= 15 is 0 Å². The maximum Gasteiger partial charge on any atom is 2.00 e. The SMILES string of the molecule is [2H][C]1[C]([2H])[C]([2H])[C](CC)[C]1[2H].[2H][C]1[C]([2H])[C]([2H])[C]([2H])[C]1[2H].[Fe+2]. The van der Waals surface area contributed by atoms with Crippen molar-refractivity contribution in [3.05, 3.63) is 63.5 Å². The van der Waals surface area contributed by atoms with E-state index in [1.165, 1.54) is 0 Å². The monoisotopic (exact) mass is 223 g/mol. The van der Waals surface area contributed by atoms with Crippen molar-refractivity contribution in [3.63, 3.8) is 0 Å². The molecule has 1 heteroatoms. The van der Waals surface area contributed by atoms with Crippen molar-refractivity contribution in [3.8, 4) is 0 Å². The summed E-state index contributed by atoms with van der Waals surface area (Å²) in [4.78, 5) is 0. The summed E-state index contributed by atoms with van der Waals surface area (Å²) in [6.45, 7) is 1.82. The standard InChI is InChI=1S/C7H9.C5H5.Fe/c1-2-7-5-3-4-6-7;1-2-4-5-3-1;/h3-6H,2H2,1H3;1-5H;/q;;+2/i3D,4D,5D,6D;1D,2D,3D,4D,5D;. The molecule has 0 aromatic rings. The van der Waals surface area contributed by atoms with Gasteiger partial charge in [-0.25, -0.2) is 0 Å². The van der Waals surface area contributed by atoms with Crippen LogP contribution in [-0.4, -0.2) is 0 Å². The Morgan fingerprint density at radius 1 is 0.923 bits per heavy atom. The summed E-state index contributed by atoms with van der Waals surface area (Å²) in [6, 6.07) is 0. The molecule has 0 nitrogen and oxygen atoms in total. The molecule has 0 spiro atoms. The molecule has 0 bridgehead atoms. The summed E-state index contributed by atoms with van der Waals surface area (Å²) >= 11 is 0. The topological polar surface area (TPSA) is 0 Å². The fourth-order valence-corrected chi connectivity index (χ4v) is 0.578. The van der Waals surface area contributed by atoms with Crippen molar-refractivity contribution in [2.24, 2.45) is 0 Å². The molecule has 0 amide bonds. The van der Waals surface area contributed by atoms with Gasteiger partial charge in [-0.3, -0.25) is 0 Å². The molecular weight excluding hydrogens is 200 g/mol. The molecule has 0 saturated heterocycles. The van der Waals surface area contributed by atoms with Crippen LogP contribution in [0.5, 0.6) is 0 Å². The van der Waals surface area contributed by atoms with E-state index in [-0.39, 0.29) is 74.6 Å². The molecule has 2 rings (SSSR count). The Morgan fingerprint density at radius 3 is 1.54 bits per heavy atom. The number of hydrogen-bond donors (Lipinski definition) is 0. The van der Waals surface area contributed by atoms with E-state index in [9.17, 15) is 0 Å². The van der Waals surface area contributed by atoms with Gasteiger partial charge in [0.1, 0.15) is 0 Å². The fourth-order valence-electron chi connectivity index (χ4n) is 0.578. The van der Waals surface area contributed by atoms with Crippen molar-refractivity contribution in [1.29, 1.82) is 0 Å². The van der Waals surface area contributed by atoms with Crippen LogP contribution in [0.2, 0.25) is 0 Å². The van der Waals surface area contributed by atoms with Crippen LogP contribution in [0.4, 0.5) is 0 Å². The first kappa shape index (κ1) is 4.58. The summed E-state index contributed by atoms with van der Waals surface area (Å²) in [7, 11) is 0. The second-order valence-electron chi connectivity index (χ2n) is 1.96. The minimum atomic E-state index is -0.324. The number of rotatable bonds is 1. The Hall–Kier alpha value is 0.519. The van der Waals surface area contributed by atoms with Gasteiger partial charge in [0.2, 0.25) is 0 Å². The van der Waals surface area contributed by atoms with Gasteiger partial charge >= 0.3 is 17.1 Å². The Kier molecular flexibility index (Phi) is 3.20. The van der Waals surface area contributed by atoms with Crippen molar-refractivity contribution >= 4 is 0 Å². The van der Waals surface area contributed by atoms with E-state index in [0.717, 1.165) is 0 Å². The molecule has 0 aliphatic heterocycles. The third-order valence-electron chi connectivity index (χ3n) is 1.16. The van der Waals surface area contributed by atoms with Gasteiger partial charge in [0.25, 0.3) is 0 Å².